The summed E-state index contributed by atoms with van der Waals surface area (Å²) in [5, 5.41) is 18.9. The monoisotopic (exact) mass is 398 g/mol. The molecular weight excluding hydrogens is 344 g/mol. The van der Waals surface area contributed by atoms with E-state index in [1.165, 1.54) is 96.3 Å². The molecule has 2 N–H and O–H groups in total. The normalized spacial score (nSPS) is 14.6. The molecule has 2 atom stereocenters. The largest absolute Gasteiger partial charge is 0.394 e. The van der Waals surface area contributed by atoms with Gasteiger partial charge in [0.15, 0.2) is 0 Å². The van der Waals surface area contributed by atoms with Crippen LogP contribution in [0.15, 0.2) is 0 Å². The van der Waals surface area contributed by atoms with E-state index in [9.17, 15) is 5.11 Å². The number of aliphatic hydroxyl groups is 2. The molecule has 0 saturated heterocycles. The van der Waals surface area contributed by atoms with E-state index in [4.69, 9.17) is 5.11 Å². The summed E-state index contributed by atoms with van der Waals surface area (Å²) in [6.45, 7) is 11.3. The SMILES string of the molecule is CC(C)CCCCCCCCCCCCCCCC(CC(O)CO)C(C)(C)C. The van der Waals surface area contributed by atoms with Crippen LogP contribution in [0.1, 0.15) is 137 Å². The van der Waals surface area contributed by atoms with Crippen LogP contribution in [-0.4, -0.2) is 22.9 Å². The topological polar surface area (TPSA) is 40.5 Å². The summed E-state index contributed by atoms with van der Waals surface area (Å²) in [5.74, 6) is 1.37. The maximum atomic E-state index is 9.78. The van der Waals surface area contributed by atoms with Gasteiger partial charge in [-0.15, -0.1) is 0 Å². The second kappa shape index (κ2) is 17.8. The Bertz CT molecular complexity index is 319. The Balaban J connectivity index is 3.44. The van der Waals surface area contributed by atoms with Crippen molar-refractivity contribution < 1.29 is 10.2 Å². The van der Waals surface area contributed by atoms with Crippen molar-refractivity contribution in [3.05, 3.63) is 0 Å². The summed E-state index contributed by atoms with van der Waals surface area (Å²) < 4.78 is 0. The predicted octanol–water partition coefficient (Wildman–Crippen LogP) is 7.90. The van der Waals surface area contributed by atoms with Gasteiger partial charge in [0, 0.05) is 0 Å². The summed E-state index contributed by atoms with van der Waals surface area (Å²) in [6, 6.07) is 0. The molecule has 2 nitrogen and oxygen atoms in total. The lowest BCUT2D eigenvalue weighted by Gasteiger charge is -2.32. The van der Waals surface area contributed by atoms with E-state index < -0.39 is 6.10 Å². The first-order valence-electron chi connectivity index (χ1n) is 12.6. The summed E-state index contributed by atoms with van der Waals surface area (Å²) in [4.78, 5) is 0. The predicted molar refractivity (Wildman–Crippen MR) is 125 cm³/mol. The van der Waals surface area contributed by atoms with Crippen LogP contribution in [-0.2, 0) is 0 Å². The van der Waals surface area contributed by atoms with Crippen LogP contribution in [0.5, 0.6) is 0 Å². The van der Waals surface area contributed by atoms with Gasteiger partial charge in [-0.2, -0.15) is 0 Å². The van der Waals surface area contributed by atoms with Gasteiger partial charge in [0.05, 0.1) is 12.7 Å². The number of hydrogen-bond donors (Lipinski definition) is 2. The van der Waals surface area contributed by atoms with E-state index in [0.29, 0.717) is 5.92 Å². The Morgan fingerprint density at radius 1 is 0.607 bits per heavy atom. The Morgan fingerprint density at radius 2 is 0.964 bits per heavy atom. The van der Waals surface area contributed by atoms with E-state index in [0.717, 1.165) is 12.3 Å². The molecule has 0 spiro atoms. The zero-order valence-electron chi connectivity index (χ0n) is 20.1. The first-order chi connectivity index (χ1) is 13.3. The highest BCUT2D eigenvalue weighted by Crippen LogP contribution is 2.34. The lowest BCUT2D eigenvalue weighted by atomic mass is 9.75. The summed E-state index contributed by atoms with van der Waals surface area (Å²) in [6.07, 6.45) is 21.0. The molecule has 0 aromatic rings. The quantitative estimate of drug-likeness (QED) is 0.217. The number of unbranched alkanes of at least 4 members (excludes halogenated alkanes) is 12. The van der Waals surface area contributed by atoms with Gasteiger partial charge in [-0.3, -0.25) is 0 Å². The average Bonchev–Trinajstić information content (AvgIpc) is 2.62. The third-order valence-electron chi connectivity index (χ3n) is 6.33. The zero-order valence-corrected chi connectivity index (χ0v) is 20.1. The fraction of sp³-hybridized carbons (Fsp3) is 1.00. The van der Waals surface area contributed by atoms with E-state index in [1.54, 1.807) is 0 Å². The van der Waals surface area contributed by atoms with Crippen molar-refractivity contribution >= 4 is 0 Å². The first-order valence-corrected chi connectivity index (χ1v) is 12.6. The highest BCUT2D eigenvalue weighted by atomic mass is 16.3. The van der Waals surface area contributed by atoms with Gasteiger partial charge in [0.25, 0.3) is 0 Å². The van der Waals surface area contributed by atoms with Crippen molar-refractivity contribution in [1.82, 2.24) is 0 Å². The molecule has 0 aliphatic heterocycles. The molecule has 0 amide bonds. The van der Waals surface area contributed by atoms with Crippen molar-refractivity contribution in [2.45, 2.75) is 143 Å². The van der Waals surface area contributed by atoms with Crippen LogP contribution in [0, 0.1) is 17.3 Å². The van der Waals surface area contributed by atoms with Gasteiger partial charge < -0.3 is 10.2 Å². The molecule has 0 bridgehead atoms. The molecule has 0 aromatic heterocycles. The molecule has 2 unspecified atom stereocenters. The molecular formula is C26H54O2. The molecule has 0 aromatic carbocycles. The Hall–Kier alpha value is -0.0800. The smallest absolute Gasteiger partial charge is 0.0773 e. The van der Waals surface area contributed by atoms with Crippen molar-refractivity contribution in [2.24, 2.45) is 17.3 Å². The number of rotatable bonds is 19. The van der Waals surface area contributed by atoms with E-state index in [2.05, 4.69) is 34.6 Å². The third kappa shape index (κ3) is 18.0. The van der Waals surface area contributed by atoms with E-state index in [1.807, 2.05) is 0 Å². The Morgan fingerprint density at radius 3 is 1.29 bits per heavy atom. The maximum absolute atomic E-state index is 9.78. The Labute approximate surface area is 177 Å². The lowest BCUT2D eigenvalue weighted by Crippen LogP contribution is -2.27. The molecule has 0 aliphatic carbocycles. The van der Waals surface area contributed by atoms with Gasteiger partial charge in [-0.1, -0.05) is 125 Å². The molecule has 170 valence electrons. The van der Waals surface area contributed by atoms with Crippen LogP contribution in [0.25, 0.3) is 0 Å². The molecule has 0 saturated carbocycles. The van der Waals surface area contributed by atoms with Gasteiger partial charge in [-0.05, 0) is 30.1 Å². The first kappa shape index (κ1) is 27.9. The van der Waals surface area contributed by atoms with Gasteiger partial charge in [0.2, 0.25) is 0 Å². The molecule has 2 heteroatoms. The zero-order chi connectivity index (χ0) is 21.3. The minimum absolute atomic E-state index is 0.106. The highest BCUT2D eigenvalue weighted by Gasteiger charge is 2.26. The van der Waals surface area contributed by atoms with E-state index >= 15 is 0 Å². The van der Waals surface area contributed by atoms with Crippen LogP contribution in [0.2, 0.25) is 0 Å². The molecule has 0 radical (unpaired) electrons. The minimum Gasteiger partial charge on any atom is -0.394 e. The Kier molecular flexibility index (Phi) is 17.7. The summed E-state index contributed by atoms with van der Waals surface area (Å²) in [5.41, 5.74) is 0.213. The van der Waals surface area contributed by atoms with Crippen molar-refractivity contribution in [1.29, 1.82) is 0 Å². The van der Waals surface area contributed by atoms with Crippen LogP contribution < -0.4 is 0 Å². The van der Waals surface area contributed by atoms with Gasteiger partial charge in [0.1, 0.15) is 0 Å². The fourth-order valence-electron chi connectivity index (χ4n) is 4.20. The molecule has 0 aliphatic rings. The number of aliphatic hydroxyl groups excluding tert-OH is 2. The lowest BCUT2D eigenvalue weighted by molar-refractivity contribution is 0.0496. The standard InChI is InChI=1S/C26H54O2/c1-23(2)19-17-15-13-11-9-7-6-8-10-12-14-16-18-20-24(26(3,4)5)21-25(28)22-27/h23-25,27-28H,6-22H2,1-5H3. The fourth-order valence-corrected chi connectivity index (χ4v) is 4.20. The van der Waals surface area contributed by atoms with Gasteiger partial charge >= 0.3 is 0 Å². The third-order valence-corrected chi connectivity index (χ3v) is 6.33. The average molecular weight is 399 g/mol. The van der Waals surface area contributed by atoms with Crippen molar-refractivity contribution in [3.63, 3.8) is 0 Å². The van der Waals surface area contributed by atoms with Gasteiger partial charge in [-0.25, -0.2) is 0 Å². The molecule has 0 heterocycles. The van der Waals surface area contributed by atoms with Crippen LogP contribution in [0.3, 0.4) is 0 Å². The molecule has 0 rings (SSSR count). The van der Waals surface area contributed by atoms with Crippen molar-refractivity contribution in [3.8, 4) is 0 Å². The van der Waals surface area contributed by atoms with Crippen LogP contribution >= 0.6 is 0 Å². The molecule has 0 fully saturated rings. The van der Waals surface area contributed by atoms with Crippen molar-refractivity contribution in [2.75, 3.05) is 6.61 Å². The second-order valence-electron chi connectivity index (χ2n) is 10.7. The minimum atomic E-state index is -0.552. The number of hydrogen-bond acceptors (Lipinski definition) is 2. The highest BCUT2D eigenvalue weighted by molar-refractivity contribution is 4.76. The summed E-state index contributed by atoms with van der Waals surface area (Å²) >= 11 is 0. The van der Waals surface area contributed by atoms with Crippen LogP contribution in [0.4, 0.5) is 0 Å². The second-order valence-corrected chi connectivity index (χ2v) is 10.7. The molecule has 28 heavy (non-hydrogen) atoms. The van der Waals surface area contributed by atoms with E-state index in [-0.39, 0.29) is 12.0 Å². The maximum Gasteiger partial charge on any atom is 0.0773 e. The summed E-state index contributed by atoms with van der Waals surface area (Å²) in [7, 11) is 0.